The summed E-state index contributed by atoms with van der Waals surface area (Å²) in [7, 11) is 1.38. The largest absolute Gasteiger partial charge is 0.494 e. The highest BCUT2D eigenvalue weighted by Crippen LogP contribution is 2.19. The van der Waals surface area contributed by atoms with Crippen LogP contribution < -0.4 is 9.54 Å². The van der Waals surface area contributed by atoms with E-state index in [0.29, 0.717) is 18.0 Å². The highest BCUT2D eigenvalue weighted by Gasteiger charge is 2.16. The van der Waals surface area contributed by atoms with E-state index in [9.17, 15) is 4.79 Å². The van der Waals surface area contributed by atoms with Gasteiger partial charge in [-0.2, -0.15) is 0 Å². The molecule has 0 saturated carbocycles. The van der Waals surface area contributed by atoms with Gasteiger partial charge in [-0.3, -0.25) is 0 Å². The lowest BCUT2D eigenvalue weighted by atomic mass is 10.3. The van der Waals surface area contributed by atoms with E-state index >= 15 is 0 Å². The zero-order valence-electron chi connectivity index (χ0n) is 13.9. The molecule has 0 aliphatic rings. The molecule has 0 amide bonds. The molecule has 0 saturated heterocycles. The SMILES string of the molecule is C=CCn1c(C)c(C(=O)OC)sc1=Nc1ccc(OCC)cc1.Cl. The van der Waals surface area contributed by atoms with Crippen molar-refractivity contribution in [2.75, 3.05) is 13.7 Å². The van der Waals surface area contributed by atoms with Crippen molar-refractivity contribution < 1.29 is 14.3 Å². The standard InChI is InChI=1S/C17H20N2O3S.ClH/c1-5-11-19-12(3)15(16(20)21-4)23-17(19)18-13-7-9-14(10-8-13)22-6-2;/h5,7-10H,1,6,11H2,2-4H3;1H. The van der Waals surface area contributed by atoms with Gasteiger partial charge >= 0.3 is 5.97 Å². The lowest BCUT2D eigenvalue weighted by Gasteiger charge is -2.03. The number of ether oxygens (including phenoxy) is 2. The number of halogens is 1. The van der Waals surface area contributed by atoms with Crippen LogP contribution in [0.25, 0.3) is 0 Å². The van der Waals surface area contributed by atoms with Crippen LogP contribution in [0.1, 0.15) is 22.3 Å². The summed E-state index contributed by atoms with van der Waals surface area (Å²) in [6.07, 6.45) is 1.78. The van der Waals surface area contributed by atoms with Crippen molar-refractivity contribution in [2.45, 2.75) is 20.4 Å². The molecule has 5 nitrogen and oxygen atoms in total. The Morgan fingerprint density at radius 1 is 1.38 bits per heavy atom. The summed E-state index contributed by atoms with van der Waals surface area (Å²) in [5.74, 6) is 0.460. The van der Waals surface area contributed by atoms with E-state index in [-0.39, 0.29) is 18.4 Å². The minimum absolute atomic E-state index is 0. The van der Waals surface area contributed by atoms with Crippen LogP contribution in [-0.2, 0) is 11.3 Å². The number of hydrogen-bond donors (Lipinski definition) is 0. The molecule has 1 heterocycles. The molecule has 0 bridgehead atoms. The molecule has 2 aromatic rings. The molecule has 130 valence electrons. The Kier molecular flexibility index (Phi) is 7.74. The zero-order valence-corrected chi connectivity index (χ0v) is 15.6. The lowest BCUT2D eigenvalue weighted by Crippen LogP contribution is -2.15. The molecule has 1 aromatic heterocycles. The fraction of sp³-hybridized carbons (Fsp3) is 0.294. The summed E-state index contributed by atoms with van der Waals surface area (Å²) in [5.41, 5.74) is 1.62. The van der Waals surface area contributed by atoms with E-state index in [1.165, 1.54) is 18.4 Å². The van der Waals surface area contributed by atoms with Crippen LogP contribution in [0.2, 0.25) is 0 Å². The van der Waals surface area contributed by atoms with E-state index in [1.807, 2.05) is 42.7 Å². The van der Waals surface area contributed by atoms with Crippen molar-refractivity contribution in [3.63, 3.8) is 0 Å². The van der Waals surface area contributed by atoms with E-state index in [1.54, 1.807) is 6.08 Å². The highest BCUT2D eigenvalue weighted by atomic mass is 35.5. The number of esters is 1. The fourth-order valence-electron chi connectivity index (χ4n) is 2.09. The average molecular weight is 369 g/mol. The minimum Gasteiger partial charge on any atom is -0.494 e. The molecule has 2 rings (SSSR count). The van der Waals surface area contributed by atoms with Crippen molar-refractivity contribution in [2.24, 2.45) is 4.99 Å². The van der Waals surface area contributed by atoms with E-state index in [4.69, 9.17) is 9.47 Å². The molecule has 1 aromatic carbocycles. The molecule has 0 spiro atoms. The second-order valence-corrected chi connectivity index (χ2v) is 5.71. The van der Waals surface area contributed by atoms with Gasteiger partial charge in [0.2, 0.25) is 0 Å². The Hall–Kier alpha value is -2.05. The van der Waals surface area contributed by atoms with Crippen molar-refractivity contribution in [1.29, 1.82) is 0 Å². The number of nitrogens with zero attached hydrogens (tertiary/aromatic N) is 2. The molecule has 0 aliphatic heterocycles. The van der Waals surface area contributed by atoms with Gasteiger partial charge in [-0.25, -0.2) is 9.79 Å². The Morgan fingerprint density at radius 3 is 2.58 bits per heavy atom. The third-order valence-electron chi connectivity index (χ3n) is 3.21. The molecular weight excluding hydrogens is 348 g/mol. The highest BCUT2D eigenvalue weighted by molar-refractivity contribution is 7.11. The smallest absolute Gasteiger partial charge is 0.349 e. The first-order valence-corrected chi connectivity index (χ1v) is 8.09. The first-order chi connectivity index (χ1) is 11.1. The lowest BCUT2D eigenvalue weighted by molar-refractivity contribution is 0.0605. The topological polar surface area (TPSA) is 52.8 Å². The van der Waals surface area contributed by atoms with Crippen molar-refractivity contribution in [1.82, 2.24) is 4.57 Å². The van der Waals surface area contributed by atoms with Gasteiger partial charge in [0.15, 0.2) is 4.80 Å². The number of carbonyl (C=O) groups is 1. The number of allylic oxidation sites excluding steroid dienone is 1. The normalized spacial score (nSPS) is 10.9. The van der Waals surface area contributed by atoms with Gasteiger partial charge in [0.05, 0.1) is 19.4 Å². The van der Waals surface area contributed by atoms with Crippen molar-refractivity contribution >= 4 is 35.4 Å². The first-order valence-electron chi connectivity index (χ1n) is 7.27. The van der Waals surface area contributed by atoms with Crippen LogP contribution in [0, 0.1) is 6.92 Å². The summed E-state index contributed by atoms with van der Waals surface area (Å²) in [5, 5.41) is 0. The van der Waals surface area contributed by atoms with Crippen LogP contribution in [0.15, 0.2) is 41.9 Å². The van der Waals surface area contributed by atoms with Crippen LogP contribution in [-0.4, -0.2) is 24.3 Å². The minimum atomic E-state index is -0.349. The molecule has 24 heavy (non-hydrogen) atoms. The number of carbonyl (C=O) groups excluding carboxylic acids is 1. The number of benzene rings is 1. The summed E-state index contributed by atoms with van der Waals surface area (Å²) in [4.78, 5) is 17.8. The second kappa shape index (κ2) is 9.30. The van der Waals surface area contributed by atoms with Gasteiger partial charge in [-0.1, -0.05) is 17.4 Å². The van der Waals surface area contributed by atoms with Crippen LogP contribution in [0.4, 0.5) is 5.69 Å². The molecule has 0 N–H and O–H groups in total. The Balaban J connectivity index is 0.00000288. The van der Waals surface area contributed by atoms with Gasteiger partial charge < -0.3 is 14.0 Å². The third-order valence-corrected chi connectivity index (χ3v) is 4.37. The van der Waals surface area contributed by atoms with Crippen molar-refractivity contribution in [3.05, 3.63) is 52.3 Å². The van der Waals surface area contributed by atoms with Gasteiger partial charge in [-0.15, -0.1) is 19.0 Å². The predicted molar refractivity (Wildman–Crippen MR) is 98.7 cm³/mol. The summed E-state index contributed by atoms with van der Waals surface area (Å²) in [6.45, 7) is 8.79. The molecule has 0 aliphatic carbocycles. The maximum absolute atomic E-state index is 11.9. The molecular formula is C17H21ClN2O3S. The number of rotatable bonds is 6. The van der Waals surface area contributed by atoms with E-state index in [0.717, 1.165) is 21.9 Å². The third kappa shape index (κ3) is 4.49. The Bertz CT molecular complexity index is 763. The molecule has 0 radical (unpaired) electrons. The van der Waals surface area contributed by atoms with Gasteiger partial charge in [0.1, 0.15) is 10.6 Å². The molecule has 7 heteroatoms. The van der Waals surface area contributed by atoms with Gasteiger partial charge in [0.25, 0.3) is 0 Å². The summed E-state index contributed by atoms with van der Waals surface area (Å²) in [6, 6.07) is 7.52. The van der Waals surface area contributed by atoms with E-state index < -0.39 is 0 Å². The summed E-state index contributed by atoms with van der Waals surface area (Å²) < 4.78 is 12.2. The van der Waals surface area contributed by atoms with Crippen LogP contribution in [0.3, 0.4) is 0 Å². The summed E-state index contributed by atoms with van der Waals surface area (Å²) >= 11 is 1.31. The Morgan fingerprint density at radius 2 is 2.04 bits per heavy atom. The zero-order chi connectivity index (χ0) is 16.8. The van der Waals surface area contributed by atoms with Gasteiger partial charge in [-0.05, 0) is 38.1 Å². The first kappa shape index (κ1) is 20.0. The maximum atomic E-state index is 11.9. The Labute approximate surface area is 151 Å². The van der Waals surface area contributed by atoms with Crippen LogP contribution >= 0.6 is 23.7 Å². The van der Waals surface area contributed by atoms with Gasteiger partial charge in [0, 0.05) is 12.2 Å². The molecule has 0 fully saturated rings. The fourth-order valence-corrected chi connectivity index (χ4v) is 3.17. The average Bonchev–Trinajstić information content (AvgIpc) is 2.86. The predicted octanol–water partition coefficient (Wildman–Crippen LogP) is 3.88. The molecule has 0 atom stereocenters. The van der Waals surface area contributed by atoms with E-state index in [2.05, 4.69) is 11.6 Å². The monoisotopic (exact) mass is 368 g/mol. The molecule has 0 unspecified atom stereocenters. The van der Waals surface area contributed by atoms with Crippen LogP contribution in [0.5, 0.6) is 5.75 Å². The van der Waals surface area contributed by atoms with Crippen molar-refractivity contribution in [3.8, 4) is 5.75 Å². The number of hydrogen-bond acceptors (Lipinski definition) is 5. The maximum Gasteiger partial charge on any atom is 0.349 e. The number of methoxy groups -OCH3 is 1. The number of aromatic nitrogens is 1. The second-order valence-electron chi connectivity index (χ2n) is 4.73. The number of thiazole rings is 1. The quantitative estimate of drug-likeness (QED) is 0.574.